The summed E-state index contributed by atoms with van der Waals surface area (Å²) in [6.45, 7) is 3.99. The van der Waals surface area contributed by atoms with E-state index in [-0.39, 0.29) is 18.1 Å². The highest BCUT2D eigenvalue weighted by Crippen LogP contribution is 2.18. The van der Waals surface area contributed by atoms with Crippen LogP contribution in [0, 0.1) is 13.8 Å². The van der Waals surface area contributed by atoms with Crippen LogP contribution in [0.15, 0.2) is 53.4 Å². The predicted molar refractivity (Wildman–Crippen MR) is 99.5 cm³/mol. The monoisotopic (exact) mass is 375 g/mol. The maximum atomic E-state index is 12.4. The number of pyridine rings is 2. The molecule has 0 fully saturated rings. The van der Waals surface area contributed by atoms with Crippen LogP contribution in [0.2, 0.25) is 0 Å². The van der Waals surface area contributed by atoms with Crippen LogP contribution in [0.5, 0.6) is 0 Å². The van der Waals surface area contributed by atoms with Gasteiger partial charge < -0.3 is 9.84 Å². The molecule has 0 radical (unpaired) electrons. The molecule has 0 aliphatic carbocycles. The molecular formula is C19H17N7O2. The van der Waals surface area contributed by atoms with Gasteiger partial charge in [0.25, 0.3) is 5.91 Å². The number of carbonyl (C=O) groups is 1. The number of carbonyl (C=O) groups excluding carboxylic acids is 1. The van der Waals surface area contributed by atoms with E-state index in [2.05, 4.69) is 30.8 Å². The van der Waals surface area contributed by atoms with E-state index >= 15 is 0 Å². The Balaban J connectivity index is 1.42. The van der Waals surface area contributed by atoms with E-state index in [1.807, 2.05) is 38.1 Å². The molecule has 0 aliphatic rings. The van der Waals surface area contributed by atoms with Crippen molar-refractivity contribution in [1.82, 2.24) is 35.4 Å². The smallest absolute Gasteiger partial charge is 0.273 e. The Morgan fingerprint density at radius 3 is 2.79 bits per heavy atom. The van der Waals surface area contributed by atoms with E-state index < -0.39 is 0 Å². The van der Waals surface area contributed by atoms with Crippen LogP contribution in [-0.4, -0.2) is 36.0 Å². The highest BCUT2D eigenvalue weighted by molar-refractivity contribution is 5.91. The van der Waals surface area contributed by atoms with E-state index in [4.69, 9.17) is 4.52 Å². The first-order valence-electron chi connectivity index (χ1n) is 8.61. The lowest BCUT2D eigenvalue weighted by Crippen LogP contribution is -2.22. The van der Waals surface area contributed by atoms with Crippen LogP contribution in [0.4, 0.5) is 0 Å². The van der Waals surface area contributed by atoms with E-state index in [1.165, 1.54) is 4.68 Å². The average molecular weight is 375 g/mol. The highest BCUT2D eigenvalue weighted by Gasteiger charge is 2.14. The number of rotatable bonds is 5. The zero-order chi connectivity index (χ0) is 19.5. The van der Waals surface area contributed by atoms with Gasteiger partial charge in [-0.25, -0.2) is 4.68 Å². The Kier molecular flexibility index (Phi) is 4.63. The summed E-state index contributed by atoms with van der Waals surface area (Å²) in [6.07, 6.45) is 4.93. The summed E-state index contributed by atoms with van der Waals surface area (Å²) in [6, 6.07) is 9.21. The molecule has 9 heteroatoms. The quantitative estimate of drug-likeness (QED) is 0.569. The van der Waals surface area contributed by atoms with Gasteiger partial charge in [0.1, 0.15) is 5.69 Å². The molecule has 0 bridgehead atoms. The Hall–Kier alpha value is -3.88. The van der Waals surface area contributed by atoms with Gasteiger partial charge in [0.2, 0.25) is 0 Å². The van der Waals surface area contributed by atoms with Gasteiger partial charge in [-0.05, 0) is 38.1 Å². The largest absolute Gasteiger partial charge is 0.359 e. The number of hydrogen-bond acceptors (Lipinski definition) is 7. The molecule has 28 heavy (non-hydrogen) atoms. The fraction of sp³-hybridized carbons (Fsp3) is 0.158. The van der Waals surface area contributed by atoms with Gasteiger partial charge >= 0.3 is 0 Å². The Bertz CT molecular complexity index is 1120. The minimum Gasteiger partial charge on any atom is -0.359 e. The molecule has 4 heterocycles. The lowest BCUT2D eigenvalue weighted by molar-refractivity contribution is 0.0942. The maximum absolute atomic E-state index is 12.4. The number of aromatic nitrogens is 6. The summed E-state index contributed by atoms with van der Waals surface area (Å²) >= 11 is 0. The van der Waals surface area contributed by atoms with Crippen molar-refractivity contribution in [1.29, 1.82) is 0 Å². The number of nitrogens with one attached hydrogen (secondary N) is 1. The van der Waals surface area contributed by atoms with Crippen LogP contribution in [0.1, 0.15) is 27.6 Å². The molecule has 140 valence electrons. The molecule has 0 unspecified atom stereocenters. The molecular weight excluding hydrogens is 358 g/mol. The SMILES string of the molecule is Cc1ccc(-n2cc(C(=O)NCc3cc(-c4ccncc4)no3)nn2)c(C)n1. The first-order chi connectivity index (χ1) is 13.6. The molecule has 9 nitrogen and oxygen atoms in total. The molecule has 4 rings (SSSR count). The van der Waals surface area contributed by atoms with E-state index in [1.54, 1.807) is 24.7 Å². The fourth-order valence-corrected chi connectivity index (χ4v) is 2.72. The van der Waals surface area contributed by atoms with E-state index in [9.17, 15) is 4.79 Å². The summed E-state index contributed by atoms with van der Waals surface area (Å²) in [5.74, 6) is 0.178. The van der Waals surface area contributed by atoms with Gasteiger partial charge in [-0.2, -0.15) is 0 Å². The number of amides is 1. The topological polar surface area (TPSA) is 112 Å². The van der Waals surface area contributed by atoms with Crippen molar-refractivity contribution in [2.75, 3.05) is 0 Å². The lowest BCUT2D eigenvalue weighted by atomic mass is 10.2. The molecule has 0 saturated heterocycles. The second-order valence-corrected chi connectivity index (χ2v) is 6.20. The third-order valence-corrected chi connectivity index (χ3v) is 4.13. The zero-order valence-electron chi connectivity index (χ0n) is 15.3. The van der Waals surface area contributed by atoms with Crippen LogP contribution in [-0.2, 0) is 6.54 Å². The van der Waals surface area contributed by atoms with E-state index in [0.717, 1.165) is 22.6 Å². The average Bonchev–Trinajstić information content (AvgIpc) is 3.37. The molecule has 0 atom stereocenters. The van der Waals surface area contributed by atoms with Crippen molar-refractivity contribution in [3.8, 4) is 16.9 Å². The summed E-state index contributed by atoms with van der Waals surface area (Å²) in [4.78, 5) is 20.7. The fourth-order valence-electron chi connectivity index (χ4n) is 2.72. The molecule has 0 spiro atoms. The molecule has 1 N–H and O–H groups in total. The third-order valence-electron chi connectivity index (χ3n) is 4.13. The van der Waals surface area contributed by atoms with Gasteiger partial charge in [-0.3, -0.25) is 14.8 Å². The van der Waals surface area contributed by atoms with Gasteiger partial charge in [-0.15, -0.1) is 5.10 Å². The molecule has 0 saturated carbocycles. The first kappa shape index (κ1) is 17.5. The highest BCUT2D eigenvalue weighted by atomic mass is 16.5. The molecule has 0 aromatic carbocycles. The number of hydrogen-bond donors (Lipinski definition) is 1. The maximum Gasteiger partial charge on any atom is 0.273 e. The zero-order valence-corrected chi connectivity index (χ0v) is 15.3. The minimum absolute atomic E-state index is 0.189. The van der Waals surface area contributed by atoms with E-state index in [0.29, 0.717) is 11.5 Å². The summed E-state index contributed by atoms with van der Waals surface area (Å²) < 4.78 is 6.81. The van der Waals surface area contributed by atoms with Crippen LogP contribution < -0.4 is 5.32 Å². The normalized spacial score (nSPS) is 10.8. The lowest BCUT2D eigenvalue weighted by Gasteiger charge is -2.04. The minimum atomic E-state index is -0.356. The van der Waals surface area contributed by atoms with Crippen molar-refractivity contribution in [3.05, 3.63) is 71.8 Å². The van der Waals surface area contributed by atoms with Crippen LogP contribution in [0.25, 0.3) is 16.9 Å². The van der Waals surface area contributed by atoms with Crippen molar-refractivity contribution in [3.63, 3.8) is 0 Å². The second-order valence-electron chi connectivity index (χ2n) is 6.20. The standard InChI is InChI=1S/C19H17N7O2/c1-12-3-4-18(13(2)22-12)26-11-17(23-25-26)19(27)21-10-15-9-16(24-28-15)14-5-7-20-8-6-14/h3-9,11H,10H2,1-2H3,(H,21,27). The third kappa shape index (κ3) is 3.63. The first-order valence-corrected chi connectivity index (χ1v) is 8.61. The Morgan fingerprint density at radius 1 is 1.18 bits per heavy atom. The van der Waals surface area contributed by atoms with Crippen molar-refractivity contribution >= 4 is 5.91 Å². The molecule has 4 aromatic heterocycles. The van der Waals surface area contributed by atoms with Crippen molar-refractivity contribution in [2.24, 2.45) is 0 Å². The number of aryl methyl sites for hydroxylation is 2. The molecule has 1 amide bonds. The van der Waals surface area contributed by atoms with Gasteiger partial charge in [0.05, 0.1) is 24.1 Å². The van der Waals surface area contributed by atoms with Crippen molar-refractivity contribution in [2.45, 2.75) is 20.4 Å². The van der Waals surface area contributed by atoms with Crippen molar-refractivity contribution < 1.29 is 9.32 Å². The Labute approximate surface area is 160 Å². The molecule has 0 aliphatic heterocycles. The van der Waals surface area contributed by atoms with Crippen LogP contribution >= 0.6 is 0 Å². The molecule has 4 aromatic rings. The Morgan fingerprint density at radius 2 is 2.00 bits per heavy atom. The summed E-state index contributed by atoms with van der Waals surface area (Å²) in [5.41, 5.74) is 4.27. The van der Waals surface area contributed by atoms with Crippen LogP contribution in [0.3, 0.4) is 0 Å². The number of nitrogens with zero attached hydrogens (tertiary/aromatic N) is 6. The van der Waals surface area contributed by atoms with Gasteiger partial charge in [0, 0.05) is 29.7 Å². The second kappa shape index (κ2) is 7.39. The summed E-state index contributed by atoms with van der Waals surface area (Å²) in [7, 11) is 0. The summed E-state index contributed by atoms with van der Waals surface area (Å²) in [5, 5.41) is 14.7. The van der Waals surface area contributed by atoms with Gasteiger partial charge in [-0.1, -0.05) is 10.4 Å². The van der Waals surface area contributed by atoms with Gasteiger partial charge in [0.15, 0.2) is 11.5 Å². The predicted octanol–water partition coefficient (Wildman–Crippen LogP) is 2.26.